The van der Waals surface area contributed by atoms with E-state index in [1.54, 1.807) is 7.05 Å². The van der Waals surface area contributed by atoms with Crippen LogP contribution in [0.3, 0.4) is 0 Å². The zero-order valence-electron chi connectivity index (χ0n) is 12.2. The second kappa shape index (κ2) is 6.32. The molecule has 22 heavy (non-hydrogen) atoms. The number of rotatable bonds is 6. The summed E-state index contributed by atoms with van der Waals surface area (Å²) in [4.78, 5) is 14.3. The molecule has 2 heterocycles. The number of hydrogen-bond donors (Lipinski definition) is 1. The highest BCUT2D eigenvalue weighted by molar-refractivity contribution is 8.01. The maximum Gasteiger partial charge on any atom is 0.233 e. The van der Waals surface area contributed by atoms with E-state index in [1.165, 1.54) is 23.1 Å². The van der Waals surface area contributed by atoms with Crippen molar-refractivity contribution in [1.29, 1.82) is 0 Å². The monoisotopic (exact) mass is 362 g/mol. The van der Waals surface area contributed by atoms with Gasteiger partial charge in [-0.05, 0) is 19.3 Å². The molecule has 122 valence electrons. The summed E-state index contributed by atoms with van der Waals surface area (Å²) in [7, 11) is -1.20. The van der Waals surface area contributed by atoms with Crippen LogP contribution in [-0.4, -0.2) is 65.8 Å². The van der Waals surface area contributed by atoms with Crippen molar-refractivity contribution in [3.8, 4) is 0 Å². The molecule has 10 heteroatoms. The summed E-state index contributed by atoms with van der Waals surface area (Å²) in [6.07, 6.45) is 2.53. The lowest BCUT2D eigenvalue weighted by Gasteiger charge is -2.28. The van der Waals surface area contributed by atoms with Crippen LogP contribution >= 0.6 is 23.1 Å². The number of aromatic nitrogens is 2. The van der Waals surface area contributed by atoms with Crippen LogP contribution in [0, 0.1) is 0 Å². The van der Waals surface area contributed by atoms with Gasteiger partial charge in [0.25, 0.3) is 0 Å². The molecule has 0 unspecified atom stereocenters. The number of hydrogen-bond acceptors (Lipinski definition) is 8. The number of nitrogens with one attached hydrogen (secondary N) is 1. The maximum atomic E-state index is 12.5. The topological polar surface area (TPSA) is 92.3 Å². The van der Waals surface area contributed by atoms with Crippen molar-refractivity contribution in [3.05, 3.63) is 0 Å². The first-order valence-corrected chi connectivity index (χ1v) is 10.8. The van der Waals surface area contributed by atoms with Crippen molar-refractivity contribution in [2.45, 2.75) is 35.7 Å². The van der Waals surface area contributed by atoms with Crippen molar-refractivity contribution >= 4 is 44.0 Å². The second-order valence-electron chi connectivity index (χ2n) is 5.50. The van der Waals surface area contributed by atoms with Crippen LogP contribution in [0.25, 0.3) is 0 Å². The third-order valence-corrected chi connectivity index (χ3v) is 7.58. The van der Waals surface area contributed by atoms with E-state index >= 15 is 0 Å². The Kier molecular flexibility index (Phi) is 4.60. The van der Waals surface area contributed by atoms with Crippen molar-refractivity contribution in [1.82, 2.24) is 15.1 Å². The zero-order chi connectivity index (χ0) is 15.7. The molecular weight excluding hydrogens is 344 g/mol. The van der Waals surface area contributed by atoms with E-state index in [1.807, 2.05) is 4.90 Å². The Morgan fingerprint density at radius 3 is 2.68 bits per heavy atom. The molecule has 7 nitrogen and oxygen atoms in total. The molecule has 1 N–H and O–H groups in total. The molecule has 1 saturated heterocycles. The average Bonchev–Trinajstić information content (AvgIpc) is 3.08. The highest BCUT2D eigenvalue weighted by Crippen LogP contribution is 2.33. The van der Waals surface area contributed by atoms with Crippen molar-refractivity contribution in [3.63, 3.8) is 0 Å². The van der Waals surface area contributed by atoms with Crippen LogP contribution in [0.2, 0.25) is 0 Å². The van der Waals surface area contributed by atoms with Crippen LogP contribution < -0.4 is 5.32 Å². The van der Waals surface area contributed by atoms with E-state index < -0.39 is 9.84 Å². The standard InChI is InChI=1S/C12H18N4O3S3/c1-13-11-14-15-12(21-11)20-6-10(17)16(8-2-3-8)9-4-5-22(18,19)7-9/h8-9H,2-7H2,1H3,(H,13,14)/t9-/m0/s1. The minimum Gasteiger partial charge on any atom is -0.363 e. The Morgan fingerprint density at radius 2 is 2.14 bits per heavy atom. The Bertz CT molecular complexity index is 656. The molecule has 2 fully saturated rings. The smallest absolute Gasteiger partial charge is 0.233 e. The van der Waals surface area contributed by atoms with Crippen LogP contribution in [0.5, 0.6) is 0 Å². The summed E-state index contributed by atoms with van der Waals surface area (Å²) in [5.74, 6) is 0.605. The molecule has 0 bridgehead atoms. The first kappa shape index (κ1) is 16.0. The van der Waals surface area contributed by atoms with Gasteiger partial charge in [0.1, 0.15) is 0 Å². The van der Waals surface area contributed by atoms with Gasteiger partial charge < -0.3 is 10.2 Å². The molecule has 0 radical (unpaired) electrons. The van der Waals surface area contributed by atoms with Gasteiger partial charge >= 0.3 is 0 Å². The number of carbonyl (C=O) groups is 1. The van der Waals surface area contributed by atoms with Crippen LogP contribution in [0.1, 0.15) is 19.3 Å². The van der Waals surface area contributed by atoms with E-state index in [0.717, 1.165) is 22.3 Å². The summed E-state index contributed by atoms with van der Waals surface area (Å²) in [5, 5.41) is 11.6. The summed E-state index contributed by atoms with van der Waals surface area (Å²) in [5.41, 5.74) is 0. The lowest BCUT2D eigenvalue weighted by Crippen LogP contribution is -2.43. The predicted molar refractivity (Wildman–Crippen MR) is 87.1 cm³/mol. The first-order valence-electron chi connectivity index (χ1n) is 7.14. The summed E-state index contributed by atoms with van der Waals surface area (Å²) in [6.45, 7) is 0. The third kappa shape index (κ3) is 3.72. The van der Waals surface area contributed by atoms with E-state index in [9.17, 15) is 13.2 Å². The highest BCUT2D eigenvalue weighted by atomic mass is 32.2. The fraction of sp³-hybridized carbons (Fsp3) is 0.750. The van der Waals surface area contributed by atoms with E-state index in [0.29, 0.717) is 6.42 Å². The van der Waals surface area contributed by atoms with Crippen LogP contribution in [-0.2, 0) is 14.6 Å². The van der Waals surface area contributed by atoms with Crippen molar-refractivity contribution < 1.29 is 13.2 Å². The first-order chi connectivity index (χ1) is 10.5. The predicted octanol–water partition coefficient (Wildman–Crippen LogP) is 0.850. The molecule has 1 saturated carbocycles. The molecule has 0 spiro atoms. The molecule has 1 atom stereocenters. The number of nitrogens with zero attached hydrogens (tertiary/aromatic N) is 3. The Labute approximate surface area is 137 Å². The summed E-state index contributed by atoms with van der Waals surface area (Å²) in [6, 6.07) is 0.0848. The minimum atomic E-state index is -2.98. The van der Waals surface area contributed by atoms with Gasteiger partial charge in [0, 0.05) is 19.1 Å². The fourth-order valence-electron chi connectivity index (χ4n) is 2.62. The SMILES string of the molecule is CNc1nnc(SCC(=O)N(C2CC2)[C@H]2CCS(=O)(=O)C2)s1. The number of amides is 1. The quantitative estimate of drug-likeness (QED) is 0.750. The molecule has 2 aliphatic rings. The van der Waals surface area contributed by atoms with Gasteiger partial charge in [-0.15, -0.1) is 10.2 Å². The van der Waals surface area contributed by atoms with Gasteiger partial charge in [-0.3, -0.25) is 4.79 Å². The number of thioether (sulfide) groups is 1. The lowest BCUT2D eigenvalue weighted by atomic mass is 10.2. The molecule has 1 aliphatic carbocycles. The fourth-order valence-corrected chi connectivity index (χ4v) is 5.91. The molecule has 1 aromatic rings. The largest absolute Gasteiger partial charge is 0.363 e. The molecular formula is C12H18N4O3S3. The van der Waals surface area contributed by atoms with E-state index in [-0.39, 0.29) is 35.2 Å². The van der Waals surface area contributed by atoms with Gasteiger partial charge in [0.15, 0.2) is 14.2 Å². The lowest BCUT2D eigenvalue weighted by molar-refractivity contribution is -0.130. The second-order valence-corrected chi connectivity index (χ2v) is 9.93. The summed E-state index contributed by atoms with van der Waals surface area (Å²) < 4.78 is 24.1. The Morgan fingerprint density at radius 1 is 1.36 bits per heavy atom. The Balaban J connectivity index is 1.61. The molecule has 3 rings (SSSR count). The van der Waals surface area contributed by atoms with Crippen LogP contribution in [0.4, 0.5) is 5.13 Å². The third-order valence-electron chi connectivity index (χ3n) is 3.77. The number of sulfone groups is 1. The van der Waals surface area contributed by atoms with Gasteiger partial charge in [-0.2, -0.15) is 0 Å². The maximum absolute atomic E-state index is 12.5. The van der Waals surface area contributed by atoms with Crippen LogP contribution in [0.15, 0.2) is 4.34 Å². The normalized spacial score (nSPS) is 23.4. The number of anilines is 1. The summed E-state index contributed by atoms with van der Waals surface area (Å²) >= 11 is 2.77. The van der Waals surface area contributed by atoms with Crippen molar-refractivity contribution in [2.75, 3.05) is 29.6 Å². The number of carbonyl (C=O) groups excluding carboxylic acids is 1. The van der Waals surface area contributed by atoms with Gasteiger partial charge in [-0.25, -0.2) is 8.42 Å². The Hall–Kier alpha value is -0.870. The zero-order valence-corrected chi connectivity index (χ0v) is 14.6. The van der Waals surface area contributed by atoms with Gasteiger partial charge in [-0.1, -0.05) is 23.1 Å². The molecule has 1 aliphatic heterocycles. The highest BCUT2D eigenvalue weighted by Gasteiger charge is 2.41. The van der Waals surface area contributed by atoms with Crippen molar-refractivity contribution in [2.24, 2.45) is 0 Å². The molecule has 1 amide bonds. The van der Waals surface area contributed by atoms with Gasteiger partial charge in [0.2, 0.25) is 11.0 Å². The molecule has 0 aromatic carbocycles. The van der Waals surface area contributed by atoms with Gasteiger partial charge in [0.05, 0.1) is 17.3 Å². The molecule has 1 aromatic heterocycles. The van der Waals surface area contributed by atoms with E-state index in [2.05, 4.69) is 15.5 Å². The van der Waals surface area contributed by atoms with E-state index in [4.69, 9.17) is 0 Å². The average molecular weight is 363 g/mol. The minimum absolute atomic E-state index is 0.0100.